The van der Waals surface area contributed by atoms with Crippen molar-refractivity contribution in [1.82, 2.24) is 4.31 Å². The van der Waals surface area contributed by atoms with Crippen LogP contribution in [0.25, 0.3) is 11.1 Å². The summed E-state index contributed by atoms with van der Waals surface area (Å²) in [6.07, 6.45) is -4.65. The molecule has 0 radical (unpaired) electrons. The van der Waals surface area contributed by atoms with E-state index in [-0.39, 0.29) is 17.0 Å². The molecule has 39 heavy (non-hydrogen) atoms. The maximum absolute atomic E-state index is 13.9. The molecule has 1 N–H and O–H groups in total. The van der Waals surface area contributed by atoms with Crippen molar-refractivity contribution in [2.45, 2.75) is 23.6 Å². The highest BCUT2D eigenvalue weighted by molar-refractivity contribution is 7.89. The lowest BCUT2D eigenvalue weighted by atomic mass is 9.75. The molecule has 0 amide bonds. The molecule has 200 valence electrons. The molecule has 5 rings (SSSR count). The van der Waals surface area contributed by atoms with Gasteiger partial charge in [0.25, 0.3) is 0 Å². The van der Waals surface area contributed by atoms with Crippen molar-refractivity contribution in [1.29, 1.82) is 0 Å². The van der Waals surface area contributed by atoms with Crippen LogP contribution in [0, 0.1) is 6.92 Å². The van der Waals surface area contributed by atoms with Crippen molar-refractivity contribution < 1.29 is 26.7 Å². The molecule has 0 unspecified atom stereocenters. The predicted molar refractivity (Wildman–Crippen MR) is 145 cm³/mol. The molecule has 4 aromatic rings. The number of alkyl halides is 3. The fourth-order valence-corrected chi connectivity index (χ4v) is 6.44. The van der Waals surface area contributed by atoms with E-state index in [0.29, 0.717) is 22.3 Å². The average Bonchev–Trinajstić information content (AvgIpc) is 2.93. The number of rotatable bonds is 5. The second-order valence-corrected chi connectivity index (χ2v) is 11.5. The third kappa shape index (κ3) is 5.15. The van der Waals surface area contributed by atoms with E-state index in [1.165, 1.54) is 24.3 Å². The summed E-state index contributed by atoms with van der Waals surface area (Å²) in [7, 11) is -4.13. The Hall–Kier alpha value is -3.72. The van der Waals surface area contributed by atoms with Crippen molar-refractivity contribution in [3.63, 3.8) is 0 Å². The number of aryl methyl sites for hydroxylation is 1. The zero-order valence-corrected chi connectivity index (χ0v) is 21.9. The van der Waals surface area contributed by atoms with E-state index in [9.17, 15) is 26.7 Å². The molecule has 0 saturated carbocycles. The summed E-state index contributed by atoms with van der Waals surface area (Å²) in [4.78, 5) is 0.0371. The molecule has 8 heteroatoms. The molecule has 4 nitrogen and oxygen atoms in total. The van der Waals surface area contributed by atoms with Crippen LogP contribution >= 0.6 is 0 Å². The summed E-state index contributed by atoms with van der Waals surface area (Å²) in [6.45, 7) is 1.29. The van der Waals surface area contributed by atoms with Crippen LogP contribution in [0.15, 0.2) is 114 Å². The highest BCUT2D eigenvalue weighted by Crippen LogP contribution is 2.47. The minimum Gasteiger partial charge on any atom is -0.379 e. The van der Waals surface area contributed by atoms with Gasteiger partial charge in [0.2, 0.25) is 10.0 Å². The zero-order valence-electron chi connectivity index (χ0n) is 21.1. The fourth-order valence-electron chi connectivity index (χ4n) is 5.01. The maximum Gasteiger partial charge on any atom is 0.416 e. The number of nitrogens with zero attached hydrogens (tertiary/aromatic N) is 1. The molecule has 0 saturated heterocycles. The van der Waals surface area contributed by atoms with Crippen LogP contribution in [0.2, 0.25) is 0 Å². The SMILES string of the molecule is Cc1ccc(S(=O)(=O)N2CC(c3ccccc3)=C(c3ccccc3)[C@](O)(c3cccc(C(F)(F)F)c3)C2)cc1. The van der Waals surface area contributed by atoms with Gasteiger partial charge in [-0.3, -0.25) is 0 Å². The zero-order chi connectivity index (χ0) is 27.8. The number of hydrogen-bond donors (Lipinski definition) is 1. The lowest BCUT2D eigenvalue weighted by Gasteiger charge is -2.42. The standard InChI is InChI=1S/C31H26F3NO3S/c1-22-15-17-27(18-16-22)39(37,38)35-20-28(23-9-4-2-5-10-23)29(24-11-6-3-7-12-24)30(36,21-35)25-13-8-14-26(19-25)31(32,33)34/h2-19,36H,20-21H2,1H3/t30-/m1/s1. The molecule has 1 heterocycles. The van der Waals surface area contributed by atoms with Gasteiger partial charge in [-0.2, -0.15) is 17.5 Å². The van der Waals surface area contributed by atoms with E-state index in [2.05, 4.69) is 0 Å². The van der Waals surface area contributed by atoms with Crippen molar-refractivity contribution >= 4 is 21.2 Å². The predicted octanol–water partition coefficient (Wildman–Crippen LogP) is 6.52. The van der Waals surface area contributed by atoms with Gasteiger partial charge < -0.3 is 5.11 Å². The molecular weight excluding hydrogens is 523 g/mol. The molecular formula is C31H26F3NO3S. The lowest BCUT2D eigenvalue weighted by Crippen LogP contribution is -2.49. The Kier molecular flexibility index (Phi) is 6.97. The normalized spacial score (nSPS) is 18.8. The first-order chi connectivity index (χ1) is 18.5. The Labute approximate surface area is 225 Å². The third-order valence-corrected chi connectivity index (χ3v) is 8.77. The highest BCUT2D eigenvalue weighted by atomic mass is 32.2. The second-order valence-electron chi connectivity index (χ2n) is 9.61. The number of aliphatic hydroxyl groups is 1. The van der Waals surface area contributed by atoms with Gasteiger partial charge in [0.1, 0.15) is 5.60 Å². The monoisotopic (exact) mass is 549 g/mol. The Bertz CT molecular complexity index is 1620. The van der Waals surface area contributed by atoms with Crippen molar-refractivity contribution in [3.05, 3.63) is 137 Å². The van der Waals surface area contributed by atoms with E-state index in [0.717, 1.165) is 22.0 Å². The summed E-state index contributed by atoms with van der Waals surface area (Å²) in [5.74, 6) is 0. The second kappa shape index (κ2) is 10.1. The number of benzene rings is 4. The highest BCUT2D eigenvalue weighted by Gasteiger charge is 2.46. The van der Waals surface area contributed by atoms with Crippen LogP contribution in [-0.2, 0) is 21.8 Å². The van der Waals surface area contributed by atoms with E-state index in [1.54, 1.807) is 66.7 Å². The molecule has 0 aliphatic carbocycles. The molecule has 1 aliphatic rings. The van der Waals surface area contributed by atoms with Gasteiger partial charge in [-0.15, -0.1) is 0 Å². The molecule has 1 aliphatic heterocycles. The van der Waals surface area contributed by atoms with E-state index < -0.39 is 33.9 Å². The van der Waals surface area contributed by atoms with E-state index in [4.69, 9.17) is 0 Å². The van der Waals surface area contributed by atoms with Crippen molar-refractivity contribution in [2.24, 2.45) is 0 Å². The van der Waals surface area contributed by atoms with Gasteiger partial charge in [0, 0.05) is 12.1 Å². The first kappa shape index (κ1) is 26.9. The maximum atomic E-state index is 13.9. The Balaban J connectivity index is 1.80. The van der Waals surface area contributed by atoms with Crippen LogP contribution < -0.4 is 0 Å². The van der Waals surface area contributed by atoms with Crippen LogP contribution in [0.4, 0.5) is 13.2 Å². The number of halogens is 3. The van der Waals surface area contributed by atoms with Crippen LogP contribution in [0.5, 0.6) is 0 Å². The van der Waals surface area contributed by atoms with Gasteiger partial charge in [0.05, 0.1) is 17.0 Å². The summed E-state index contributed by atoms with van der Waals surface area (Å²) >= 11 is 0. The van der Waals surface area contributed by atoms with Crippen LogP contribution in [0.1, 0.15) is 27.8 Å². The average molecular weight is 550 g/mol. The number of sulfonamides is 1. The van der Waals surface area contributed by atoms with Gasteiger partial charge >= 0.3 is 6.18 Å². The molecule has 0 fully saturated rings. The van der Waals surface area contributed by atoms with Crippen LogP contribution in [0.3, 0.4) is 0 Å². The largest absolute Gasteiger partial charge is 0.416 e. The molecule has 0 spiro atoms. The number of hydrogen-bond acceptors (Lipinski definition) is 3. The molecule has 0 aromatic heterocycles. The fraction of sp³-hybridized carbons (Fsp3) is 0.161. The summed E-state index contributed by atoms with van der Waals surface area (Å²) in [5.41, 5.74) is -0.0794. The van der Waals surface area contributed by atoms with Crippen molar-refractivity contribution in [3.8, 4) is 0 Å². The minimum atomic E-state index is -4.65. The lowest BCUT2D eigenvalue weighted by molar-refractivity contribution is -0.137. The number of β-amino-alcohol motifs (C(OH)–C–C–N with tert-alkyl or cyclic N) is 1. The first-order valence-electron chi connectivity index (χ1n) is 12.3. The smallest absolute Gasteiger partial charge is 0.379 e. The minimum absolute atomic E-state index is 0.0371. The Morgan fingerprint density at radius 1 is 0.795 bits per heavy atom. The Morgan fingerprint density at radius 3 is 1.97 bits per heavy atom. The summed E-state index contributed by atoms with van der Waals surface area (Å²) in [5, 5.41) is 12.5. The molecule has 0 bridgehead atoms. The summed E-state index contributed by atoms with van der Waals surface area (Å²) < 4.78 is 70.1. The quantitative estimate of drug-likeness (QED) is 0.309. The molecule has 4 aromatic carbocycles. The van der Waals surface area contributed by atoms with Gasteiger partial charge in [-0.25, -0.2) is 8.42 Å². The van der Waals surface area contributed by atoms with Crippen molar-refractivity contribution in [2.75, 3.05) is 13.1 Å². The summed E-state index contributed by atoms with van der Waals surface area (Å²) in [6, 6.07) is 28.7. The third-order valence-electron chi connectivity index (χ3n) is 6.97. The van der Waals surface area contributed by atoms with E-state index >= 15 is 0 Å². The first-order valence-corrected chi connectivity index (χ1v) is 13.8. The van der Waals surface area contributed by atoms with E-state index in [1.807, 2.05) is 13.0 Å². The topological polar surface area (TPSA) is 57.6 Å². The van der Waals surface area contributed by atoms with Gasteiger partial charge in [0.15, 0.2) is 0 Å². The van der Waals surface area contributed by atoms with Gasteiger partial charge in [-0.1, -0.05) is 90.5 Å². The van der Waals surface area contributed by atoms with Crippen LogP contribution in [-0.4, -0.2) is 30.9 Å². The Morgan fingerprint density at radius 2 is 1.38 bits per heavy atom. The molecule has 1 atom stereocenters. The van der Waals surface area contributed by atoms with Gasteiger partial charge in [-0.05, 0) is 53.5 Å².